The summed E-state index contributed by atoms with van der Waals surface area (Å²) in [4.78, 5) is 37.3. The highest BCUT2D eigenvalue weighted by molar-refractivity contribution is 7.15. The molecule has 3 N–H and O–H groups in total. The zero-order valence-corrected chi connectivity index (χ0v) is 15.0. The van der Waals surface area contributed by atoms with E-state index in [-0.39, 0.29) is 12.4 Å². The van der Waals surface area contributed by atoms with Crippen LogP contribution >= 0.6 is 11.3 Å². The molecule has 1 aromatic heterocycles. The Morgan fingerprint density at radius 3 is 2.85 bits per heavy atom. The fourth-order valence-electron chi connectivity index (χ4n) is 3.19. The summed E-state index contributed by atoms with van der Waals surface area (Å²) in [6.45, 7) is 2.02. The van der Waals surface area contributed by atoms with Crippen LogP contribution in [0.15, 0.2) is 46.1 Å². The van der Waals surface area contributed by atoms with Crippen LogP contribution in [0.2, 0.25) is 0 Å². The van der Waals surface area contributed by atoms with Gasteiger partial charge in [-0.05, 0) is 30.7 Å². The molecular weight excluding hydrogens is 368 g/mol. The molecule has 136 valence electrons. The second kappa shape index (κ2) is 6.44. The number of Topliss-reactive ketones (excluding diaryl/α,β-unsaturated/α-hetero) is 1. The Morgan fingerprint density at radius 1 is 1.30 bits per heavy atom. The summed E-state index contributed by atoms with van der Waals surface area (Å²) < 4.78 is 5.00. The zero-order chi connectivity index (χ0) is 19.1. The minimum absolute atomic E-state index is 0.259. The number of urea groups is 1. The van der Waals surface area contributed by atoms with E-state index in [1.165, 1.54) is 11.3 Å². The summed E-state index contributed by atoms with van der Waals surface area (Å²) >= 11 is 1.19. The number of primary amides is 1. The van der Waals surface area contributed by atoms with Crippen LogP contribution in [0.5, 0.6) is 0 Å². The summed E-state index contributed by atoms with van der Waals surface area (Å²) in [7, 11) is 0. The smallest absolute Gasteiger partial charge is 0.348 e. The molecule has 1 aromatic carbocycles. The first-order valence-electron chi connectivity index (χ1n) is 8.17. The molecule has 2 aromatic rings. The van der Waals surface area contributed by atoms with E-state index in [0.717, 1.165) is 0 Å². The molecule has 27 heavy (non-hydrogen) atoms. The summed E-state index contributed by atoms with van der Waals surface area (Å²) in [6, 6.07) is 7.20. The van der Waals surface area contributed by atoms with E-state index in [9.17, 15) is 14.4 Å². The van der Waals surface area contributed by atoms with Crippen LogP contribution < -0.4 is 11.1 Å². The van der Waals surface area contributed by atoms with Gasteiger partial charge in [-0.25, -0.2) is 9.59 Å². The van der Waals surface area contributed by atoms with Crippen LogP contribution in [0.4, 0.5) is 10.5 Å². The Balaban J connectivity index is 1.76. The van der Waals surface area contributed by atoms with Crippen molar-refractivity contribution >= 4 is 40.5 Å². The molecule has 1 aliphatic carbocycles. The fraction of sp³-hybridized carbons (Fsp3) is 0.167. The van der Waals surface area contributed by atoms with Crippen molar-refractivity contribution in [3.8, 4) is 0 Å². The lowest BCUT2D eigenvalue weighted by Crippen LogP contribution is -2.20. The Hall–Kier alpha value is -3.33. The van der Waals surface area contributed by atoms with Gasteiger partial charge in [0.2, 0.25) is 0 Å². The maximum absolute atomic E-state index is 13.1. The summed E-state index contributed by atoms with van der Waals surface area (Å²) in [6.07, 6.45) is 0. The minimum atomic E-state index is -0.749. The van der Waals surface area contributed by atoms with E-state index in [2.05, 4.69) is 15.5 Å². The van der Waals surface area contributed by atoms with Gasteiger partial charge in [-0.3, -0.25) is 4.79 Å². The zero-order valence-electron chi connectivity index (χ0n) is 14.2. The van der Waals surface area contributed by atoms with Crippen LogP contribution in [-0.2, 0) is 4.74 Å². The molecule has 4 rings (SSSR count). The first kappa shape index (κ1) is 17.1. The van der Waals surface area contributed by atoms with Crippen molar-refractivity contribution in [1.82, 2.24) is 0 Å². The minimum Gasteiger partial charge on any atom is -0.462 e. The normalized spacial score (nSPS) is 17.1. The van der Waals surface area contributed by atoms with Gasteiger partial charge < -0.3 is 15.8 Å². The lowest BCUT2D eigenvalue weighted by Gasteiger charge is -2.07. The number of ether oxygens (including phenoxy) is 1. The molecule has 1 unspecified atom stereocenters. The number of thiophene rings is 1. The number of ketones is 1. The molecule has 2 aliphatic rings. The topological polar surface area (TPSA) is 123 Å². The monoisotopic (exact) mass is 382 g/mol. The fourth-order valence-corrected chi connectivity index (χ4v) is 4.09. The molecule has 8 nitrogen and oxygen atoms in total. The number of nitrogens with one attached hydrogen (secondary N) is 1. The van der Waals surface area contributed by atoms with E-state index in [0.29, 0.717) is 37.8 Å². The van der Waals surface area contributed by atoms with Crippen molar-refractivity contribution in [2.75, 3.05) is 11.9 Å². The maximum atomic E-state index is 13.1. The predicted molar refractivity (Wildman–Crippen MR) is 98.8 cm³/mol. The second-order valence-electron chi connectivity index (χ2n) is 5.85. The lowest BCUT2D eigenvalue weighted by molar-refractivity contribution is 0.0532. The van der Waals surface area contributed by atoms with Crippen LogP contribution in [0.1, 0.15) is 43.4 Å². The third-order valence-corrected chi connectivity index (χ3v) is 5.31. The van der Waals surface area contributed by atoms with E-state index >= 15 is 0 Å². The number of rotatable bonds is 4. The summed E-state index contributed by atoms with van der Waals surface area (Å²) in [5.41, 5.74) is 7.45. The van der Waals surface area contributed by atoms with Crippen LogP contribution in [0.25, 0.3) is 5.70 Å². The number of nitrogens with zero attached hydrogens (tertiary/aromatic N) is 2. The summed E-state index contributed by atoms with van der Waals surface area (Å²) in [5.74, 6) is -0.676. The summed E-state index contributed by atoms with van der Waals surface area (Å²) in [5, 5.41) is 10.9. The van der Waals surface area contributed by atoms with Gasteiger partial charge in [0.25, 0.3) is 0 Å². The maximum Gasteiger partial charge on any atom is 0.348 e. The number of esters is 1. The largest absolute Gasteiger partial charge is 0.462 e. The highest BCUT2D eigenvalue weighted by Gasteiger charge is 2.42. The van der Waals surface area contributed by atoms with Gasteiger partial charge in [-0.1, -0.05) is 12.1 Å². The van der Waals surface area contributed by atoms with E-state index < -0.39 is 18.0 Å². The van der Waals surface area contributed by atoms with Gasteiger partial charge in [0.1, 0.15) is 16.6 Å². The number of carbonyl (C=O) groups is 3. The number of benzene rings is 1. The molecule has 1 atom stereocenters. The van der Waals surface area contributed by atoms with Crippen LogP contribution in [0, 0.1) is 0 Å². The Kier molecular flexibility index (Phi) is 4.08. The SMILES string of the molecule is CCOC(=O)c1ccc(C2=C3C(=O)c4c(NC(N)=O)cccc4C3N=N2)s1. The van der Waals surface area contributed by atoms with Crippen molar-refractivity contribution in [2.24, 2.45) is 16.0 Å². The van der Waals surface area contributed by atoms with Crippen molar-refractivity contribution in [3.63, 3.8) is 0 Å². The van der Waals surface area contributed by atoms with Gasteiger partial charge in [0.05, 0.1) is 28.3 Å². The molecule has 2 heterocycles. The number of nitrogens with two attached hydrogens (primary N) is 1. The van der Waals surface area contributed by atoms with Crippen molar-refractivity contribution < 1.29 is 19.1 Å². The van der Waals surface area contributed by atoms with Gasteiger partial charge in [0.15, 0.2) is 5.78 Å². The highest BCUT2D eigenvalue weighted by Crippen LogP contribution is 2.49. The lowest BCUT2D eigenvalue weighted by atomic mass is 10.1. The predicted octanol–water partition coefficient (Wildman–Crippen LogP) is 3.53. The number of hydrogen-bond acceptors (Lipinski definition) is 7. The Morgan fingerprint density at radius 2 is 2.11 bits per heavy atom. The average molecular weight is 382 g/mol. The first-order chi connectivity index (χ1) is 13.0. The molecular formula is C18H14N4O4S. The molecule has 9 heteroatoms. The highest BCUT2D eigenvalue weighted by atomic mass is 32.1. The number of carbonyl (C=O) groups excluding carboxylic acids is 3. The second-order valence-corrected chi connectivity index (χ2v) is 6.94. The van der Waals surface area contributed by atoms with Crippen molar-refractivity contribution in [2.45, 2.75) is 13.0 Å². The number of anilines is 1. The average Bonchev–Trinajstić information content (AvgIpc) is 3.32. The number of azo groups is 1. The standard InChI is InChI=1S/C18H14N4O4S/c1-2-26-17(24)11-7-6-10(27-11)15-13-14(21-22-15)8-4-3-5-9(20-18(19)25)12(8)16(13)23/h3-7,14H,2H2,1H3,(H3,19,20,25). The van der Waals surface area contributed by atoms with Crippen LogP contribution in [-0.4, -0.2) is 24.4 Å². The Bertz CT molecular complexity index is 1050. The third kappa shape index (κ3) is 2.72. The number of fused-ring (bicyclic) bond motifs is 3. The Labute approximate surface area is 157 Å². The van der Waals surface area contributed by atoms with Gasteiger partial charge in [-0.15, -0.1) is 11.3 Å². The molecule has 0 spiro atoms. The molecule has 2 amide bonds. The van der Waals surface area contributed by atoms with Crippen LogP contribution in [0.3, 0.4) is 0 Å². The van der Waals surface area contributed by atoms with Gasteiger partial charge in [0, 0.05) is 0 Å². The molecule has 0 bridgehead atoms. The first-order valence-corrected chi connectivity index (χ1v) is 8.99. The van der Waals surface area contributed by atoms with Crippen molar-refractivity contribution in [3.05, 3.63) is 56.8 Å². The quantitative estimate of drug-likeness (QED) is 0.785. The van der Waals surface area contributed by atoms with E-state index in [4.69, 9.17) is 10.5 Å². The molecule has 0 radical (unpaired) electrons. The molecule has 0 saturated heterocycles. The van der Waals surface area contributed by atoms with Gasteiger partial charge >= 0.3 is 12.0 Å². The number of hydrogen-bond donors (Lipinski definition) is 2. The van der Waals surface area contributed by atoms with Gasteiger partial charge in [-0.2, -0.15) is 10.2 Å². The van der Waals surface area contributed by atoms with E-state index in [1.54, 1.807) is 37.3 Å². The molecule has 0 fully saturated rings. The van der Waals surface area contributed by atoms with E-state index in [1.807, 2.05) is 0 Å². The molecule has 0 saturated carbocycles. The van der Waals surface area contributed by atoms with Crippen molar-refractivity contribution in [1.29, 1.82) is 0 Å². The third-order valence-electron chi connectivity index (χ3n) is 4.24. The number of amides is 2. The molecule has 1 aliphatic heterocycles.